The van der Waals surface area contributed by atoms with Gasteiger partial charge in [-0.15, -0.1) is 0 Å². The normalized spacial score (nSPS) is 14.8. The van der Waals surface area contributed by atoms with Gasteiger partial charge >= 0.3 is 6.18 Å². The van der Waals surface area contributed by atoms with Crippen LogP contribution >= 0.6 is 0 Å². The zero-order chi connectivity index (χ0) is 9.61. The summed E-state index contributed by atoms with van der Waals surface area (Å²) in [4.78, 5) is 0. The van der Waals surface area contributed by atoms with Crippen LogP contribution in [0, 0.1) is 5.92 Å². The predicted octanol–water partition coefficient (Wildman–Crippen LogP) is 3.00. The Morgan fingerprint density at radius 1 is 1.33 bits per heavy atom. The molecule has 0 aromatic rings. The van der Waals surface area contributed by atoms with Crippen LogP contribution in [-0.2, 0) is 4.74 Å². The summed E-state index contributed by atoms with van der Waals surface area (Å²) < 4.78 is 39.2. The highest BCUT2D eigenvalue weighted by Crippen LogP contribution is 2.15. The highest BCUT2D eigenvalue weighted by molar-refractivity contribution is 4.51. The number of ether oxygens (including phenoxy) is 1. The first-order valence-electron chi connectivity index (χ1n) is 4.10. The maximum absolute atomic E-state index is 11.6. The molecule has 0 saturated heterocycles. The van der Waals surface area contributed by atoms with E-state index in [0.717, 1.165) is 12.8 Å². The fraction of sp³-hybridized carbons (Fsp3) is 1.00. The fourth-order valence-corrected chi connectivity index (χ4v) is 0.952. The summed E-state index contributed by atoms with van der Waals surface area (Å²) in [6.45, 7) is 2.97. The van der Waals surface area contributed by atoms with E-state index < -0.39 is 12.8 Å². The Morgan fingerprint density at radius 2 is 1.92 bits per heavy atom. The molecule has 0 aromatic carbocycles. The molecule has 0 aliphatic rings. The van der Waals surface area contributed by atoms with E-state index >= 15 is 0 Å². The third-order valence-corrected chi connectivity index (χ3v) is 1.45. The molecule has 74 valence electrons. The van der Waals surface area contributed by atoms with Crippen LogP contribution in [0.1, 0.15) is 26.7 Å². The van der Waals surface area contributed by atoms with Crippen molar-refractivity contribution in [2.24, 2.45) is 5.92 Å². The minimum absolute atomic E-state index is 0.202. The van der Waals surface area contributed by atoms with E-state index in [2.05, 4.69) is 4.74 Å². The summed E-state index contributed by atoms with van der Waals surface area (Å²) in [5.41, 5.74) is 0. The van der Waals surface area contributed by atoms with Gasteiger partial charge in [0.1, 0.15) is 6.61 Å². The maximum Gasteiger partial charge on any atom is 0.411 e. The van der Waals surface area contributed by atoms with Gasteiger partial charge < -0.3 is 4.74 Å². The molecule has 12 heavy (non-hydrogen) atoms. The number of alkyl halides is 3. The molecular weight excluding hydrogens is 169 g/mol. The zero-order valence-electron chi connectivity index (χ0n) is 7.45. The lowest BCUT2D eigenvalue weighted by atomic mass is 10.1. The van der Waals surface area contributed by atoms with E-state index in [1.807, 2.05) is 13.8 Å². The Hall–Kier alpha value is -0.250. The van der Waals surface area contributed by atoms with Crippen LogP contribution in [0.15, 0.2) is 0 Å². The van der Waals surface area contributed by atoms with Crippen molar-refractivity contribution >= 4 is 0 Å². The zero-order valence-corrected chi connectivity index (χ0v) is 7.45. The molecule has 0 bridgehead atoms. The third kappa shape index (κ3) is 7.85. The number of hydrogen-bond donors (Lipinski definition) is 0. The largest absolute Gasteiger partial charge is 0.411 e. The van der Waals surface area contributed by atoms with Crippen molar-refractivity contribution in [1.29, 1.82) is 0 Å². The lowest BCUT2D eigenvalue weighted by molar-refractivity contribution is -0.176. The Labute approximate surface area is 70.9 Å². The molecular formula is C8H15F3O. The average molecular weight is 184 g/mol. The monoisotopic (exact) mass is 184 g/mol. The molecule has 0 radical (unpaired) electrons. The Kier molecular flexibility index (Phi) is 5.29. The molecule has 0 aliphatic carbocycles. The highest BCUT2D eigenvalue weighted by Gasteiger charge is 2.27. The van der Waals surface area contributed by atoms with E-state index in [1.165, 1.54) is 0 Å². The predicted molar refractivity (Wildman–Crippen MR) is 40.9 cm³/mol. The van der Waals surface area contributed by atoms with Gasteiger partial charge in [-0.05, 0) is 12.3 Å². The van der Waals surface area contributed by atoms with Crippen LogP contribution < -0.4 is 0 Å². The summed E-state index contributed by atoms with van der Waals surface area (Å²) in [6.07, 6.45) is -2.29. The summed E-state index contributed by atoms with van der Waals surface area (Å²) in [5, 5.41) is 0. The SMILES string of the molecule is CCCC(C)COCC(F)(F)F. The molecule has 0 saturated carbocycles. The van der Waals surface area contributed by atoms with Gasteiger partial charge in [-0.3, -0.25) is 0 Å². The van der Waals surface area contributed by atoms with Gasteiger partial charge in [0, 0.05) is 6.61 Å². The molecule has 0 fully saturated rings. The molecule has 0 rings (SSSR count). The average Bonchev–Trinajstić information content (AvgIpc) is 1.84. The van der Waals surface area contributed by atoms with Crippen molar-refractivity contribution < 1.29 is 17.9 Å². The maximum atomic E-state index is 11.6. The first kappa shape index (κ1) is 11.8. The van der Waals surface area contributed by atoms with E-state index in [4.69, 9.17) is 0 Å². The second kappa shape index (κ2) is 5.41. The lowest BCUT2D eigenvalue weighted by Crippen LogP contribution is -2.19. The van der Waals surface area contributed by atoms with Crippen LogP contribution in [-0.4, -0.2) is 19.4 Å². The van der Waals surface area contributed by atoms with Gasteiger partial charge in [-0.1, -0.05) is 20.3 Å². The van der Waals surface area contributed by atoms with Gasteiger partial charge in [0.2, 0.25) is 0 Å². The minimum Gasteiger partial charge on any atom is -0.372 e. The summed E-state index contributed by atoms with van der Waals surface area (Å²) >= 11 is 0. The fourth-order valence-electron chi connectivity index (χ4n) is 0.952. The molecule has 0 heterocycles. The van der Waals surface area contributed by atoms with E-state index in [-0.39, 0.29) is 12.5 Å². The Balaban J connectivity index is 3.31. The molecule has 0 N–H and O–H groups in total. The Morgan fingerprint density at radius 3 is 2.33 bits per heavy atom. The van der Waals surface area contributed by atoms with Crippen molar-refractivity contribution in [2.45, 2.75) is 32.9 Å². The van der Waals surface area contributed by atoms with Crippen molar-refractivity contribution in [3.63, 3.8) is 0 Å². The molecule has 0 aromatic heterocycles. The van der Waals surface area contributed by atoms with Crippen LogP contribution in [0.4, 0.5) is 13.2 Å². The first-order valence-corrected chi connectivity index (χ1v) is 4.10. The van der Waals surface area contributed by atoms with E-state index in [1.54, 1.807) is 0 Å². The molecule has 0 spiro atoms. The smallest absolute Gasteiger partial charge is 0.372 e. The van der Waals surface area contributed by atoms with E-state index in [9.17, 15) is 13.2 Å². The number of hydrogen-bond acceptors (Lipinski definition) is 1. The molecule has 4 heteroatoms. The molecule has 1 atom stereocenters. The first-order chi connectivity index (χ1) is 5.45. The van der Waals surface area contributed by atoms with Crippen LogP contribution in [0.25, 0.3) is 0 Å². The van der Waals surface area contributed by atoms with Crippen LogP contribution in [0.5, 0.6) is 0 Å². The third-order valence-electron chi connectivity index (χ3n) is 1.45. The second-order valence-electron chi connectivity index (χ2n) is 3.02. The summed E-state index contributed by atoms with van der Waals surface area (Å²) in [7, 11) is 0. The number of rotatable bonds is 5. The van der Waals surface area contributed by atoms with Gasteiger partial charge in [0.25, 0.3) is 0 Å². The minimum atomic E-state index is -4.19. The van der Waals surface area contributed by atoms with Crippen molar-refractivity contribution in [2.75, 3.05) is 13.2 Å². The van der Waals surface area contributed by atoms with Crippen molar-refractivity contribution in [3.05, 3.63) is 0 Å². The lowest BCUT2D eigenvalue weighted by Gasteiger charge is -2.11. The van der Waals surface area contributed by atoms with Gasteiger partial charge in [0.15, 0.2) is 0 Å². The van der Waals surface area contributed by atoms with Gasteiger partial charge in [-0.2, -0.15) is 13.2 Å². The van der Waals surface area contributed by atoms with Crippen molar-refractivity contribution in [1.82, 2.24) is 0 Å². The molecule has 1 nitrogen and oxygen atoms in total. The van der Waals surface area contributed by atoms with Crippen molar-refractivity contribution in [3.8, 4) is 0 Å². The quantitative estimate of drug-likeness (QED) is 0.638. The molecule has 0 amide bonds. The summed E-state index contributed by atoms with van der Waals surface area (Å²) in [5.74, 6) is 0.220. The van der Waals surface area contributed by atoms with Crippen LogP contribution in [0.2, 0.25) is 0 Å². The summed E-state index contributed by atoms with van der Waals surface area (Å²) in [6, 6.07) is 0. The second-order valence-corrected chi connectivity index (χ2v) is 3.02. The van der Waals surface area contributed by atoms with Gasteiger partial charge in [0.05, 0.1) is 0 Å². The molecule has 0 aliphatic heterocycles. The van der Waals surface area contributed by atoms with E-state index in [0.29, 0.717) is 0 Å². The van der Waals surface area contributed by atoms with Crippen LogP contribution in [0.3, 0.4) is 0 Å². The Bertz CT molecular complexity index is 111. The molecule has 1 unspecified atom stereocenters. The number of halogens is 3. The van der Waals surface area contributed by atoms with Gasteiger partial charge in [-0.25, -0.2) is 0 Å². The highest BCUT2D eigenvalue weighted by atomic mass is 19.4. The standard InChI is InChI=1S/C8H15F3O/c1-3-4-7(2)5-12-6-8(9,10)11/h7H,3-6H2,1-2H3. The topological polar surface area (TPSA) is 9.23 Å².